The predicted molar refractivity (Wildman–Crippen MR) is 95.4 cm³/mol. The van der Waals surface area contributed by atoms with Gasteiger partial charge in [0.25, 0.3) is 5.91 Å². The maximum atomic E-state index is 13.7. The van der Waals surface area contributed by atoms with Crippen molar-refractivity contribution in [2.24, 2.45) is 5.92 Å². The minimum Gasteiger partial charge on any atom is -0.350 e. The third kappa shape index (κ3) is 5.14. The molecule has 2 rings (SSSR count). The van der Waals surface area contributed by atoms with Gasteiger partial charge in [-0.25, -0.2) is 4.39 Å². The van der Waals surface area contributed by atoms with E-state index in [0.717, 1.165) is 6.42 Å². The molecule has 0 unspecified atom stereocenters. The number of benzene rings is 2. The second kappa shape index (κ2) is 8.97. The van der Waals surface area contributed by atoms with Gasteiger partial charge in [-0.15, -0.1) is 0 Å². The molecule has 0 aliphatic carbocycles. The Hall–Kier alpha value is -2.69. The zero-order chi connectivity index (χ0) is 18.2. The molecule has 0 bridgehead atoms. The van der Waals surface area contributed by atoms with E-state index in [1.54, 1.807) is 42.5 Å². The molecule has 0 spiro atoms. The fourth-order valence-corrected chi connectivity index (χ4v) is 2.45. The summed E-state index contributed by atoms with van der Waals surface area (Å²) in [4.78, 5) is 24.9. The quantitative estimate of drug-likeness (QED) is 0.811. The molecule has 2 N–H and O–H groups in total. The molecule has 5 heteroatoms. The summed E-state index contributed by atoms with van der Waals surface area (Å²) in [7, 11) is 0. The van der Waals surface area contributed by atoms with Gasteiger partial charge in [-0.05, 0) is 24.1 Å². The van der Waals surface area contributed by atoms with Crippen molar-refractivity contribution < 1.29 is 14.0 Å². The van der Waals surface area contributed by atoms with Crippen molar-refractivity contribution in [1.82, 2.24) is 10.6 Å². The van der Waals surface area contributed by atoms with Gasteiger partial charge in [-0.2, -0.15) is 0 Å². The Labute approximate surface area is 147 Å². The first-order valence-electron chi connectivity index (χ1n) is 8.40. The normalized spacial score (nSPS) is 12.9. The molecule has 0 saturated carbocycles. The van der Waals surface area contributed by atoms with Crippen molar-refractivity contribution in [2.75, 3.05) is 0 Å². The molecule has 0 aliphatic rings. The summed E-state index contributed by atoms with van der Waals surface area (Å²) in [6.07, 6.45) is 0.729. The van der Waals surface area contributed by atoms with Crippen LogP contribution in [-0.4, -0.2) is 17.9 Å². The molecular formula is C20H23FN2O2. The van der Waals surface area contributed by atoms with Crippen molar-refractivity contribution >= 4 is 11.8 Å². The average Bonchev–Trinajstić information content (AvgIpc) is 2.65. The highest BCUT2D eigenvalue weighted by Crippen LogP contribution is 2.11. The number of carbonyl (C=O) groups excluding carboxylic acids is 2. The summed E-state index contributed by atoms with van der Waals surface area (Å²) < 4.78 is 13.7. The highest BCUT2D eigenvalue weighted by molar-refractivity contribution is 5.97. The molecule has 0 aliphatic heterocycles. The second-order valence-electron chi connectivity index (χ2n) is 6.01. The topological polar surface area (TPSA) is 58.2 Å². The van der Waals surface area contributed by atoms with Crippen LogP contribution in [0.25, 0.3) is 0 Å². The molecular weight excluding hydrogens is 319 g/mol. The zero-order valence-corrected chi connectivity index (χ0v) is 14.5. The van der Waals surface area contributed by atoms with E-state index in [1.807, 2.05) is 19.9 Å². The zero-order valence-electron chi connectivity index (χ0n) is 14.5. The third-order valence-corrected chi connectivity index (χ3v) is 4.23. The maximum Gasteiger partial charge on any atom is 0.251 e. The van der Waals surface area contributed by atoms with E-state index in [4.69, 9.17) is 0 Å². The van der Waals surface area contributed by atoms with Crippen LogP contribution < -0.4 is 10.6 Å². The summed E-state index contributed by atoms with van der Waals surface area (Å²) in [5.41, 5.74) is 0.908. The molecule has 0 radical (unpaired) electrons. The van der Waals surface area contributed by atoms with Crippen LogP contribution in [0.2, 0.25) is 0 Å². The number of amides is 2. The van der Waals surface area contributed by atoms with E-state index in [0.29, 0.717) is 11.1 Å². The van der Waals surface area contributed by atoms with Gasteiger partial charge < -0.3 is 10.6 Å². The van der Waals surface area contributed by atoms with E-state index in [9.17, 15) is 14.0 Å². The Balaban J connectivity index is 2.05. The number of halogens is 1. The number of hydrogen-bond donors (Lipinski definition) is 2. The molecule has 2 atom stereocenters. The van der Waals surface area contributed by atoms with E-state index in [1.165, 1.54) is 6.07 Å². The molecule has 0 aromatic heterocycles. The second-order valence-corrected chi connectivity index (χ2v) is 6.01. The van der Waals surface area contributed by atoms with Gasteiger partial charge in [-0.1, -0.05) is 56.7 Å². The Bertz CT molecular complexity index is 719. The van der Waals surface area contributed by atoms with Gasteiger partial charge in [0, 0.05) is 17.7 Å². The Morgan fingerprint density at radius 1 is 1.04 bits per heavy atom. The summed E-state index contributed by atoms with van der Waals surface area (Å²) >= 11 is 0. The van der Waals surface area contributed by atoms with Crippen molar-refractivity contribution in [3.8, 4) is 0 Å². The largest absolute Gasteiger partial charge is 0.350 e. The lowest BCUT2D eigenvalue weighted by atomic mass is 9.97. The maximum absolute atomic E-state index is 13.7. The molecule has 0 fully saturated rings. The fraction of sp³-hybridized carbons (Fsp3) is 0.300. The number of carbonyl (C=O) groups is 2. The molecule has 25 heavy (non-hydrogen) atoms. The third-order valence-electron chi connectivity index (χ3n) is 4.23. The highest BCUT2D eigenvalue weighted by atomic mass is 19.1. The molecule has 2 aromatic rings. The molecule has 4 nitrogen and oxygen atoms in total. The number of hydrogen-bond acceptors (Lipinski definition) is 2. The first kappa shape index (κ1) is 18.6. The van der Waals surface area contributed by atoms with Crippen LogP contribution in [0.3, 0.4) is 0 Å². The Morgan fingerprint density at radius 2 is 1.68 bits per heavy atom. The van der Waals surface area contributed by atoms with Gasteiger partial charge in [0.15, 0.2) is 0 Å². The van der Waals surface area contributed by atoms with E-state index < -0.39 is 6.04 Å². The first-order chi connectivity index (χ1) is 12.0. The van der Waals surface area contributed by atoms with Crippen LogP contribution >= 0.6 is 0 Å². The minimum absolute atomic E-state index is 0.0479. The Morgan fingerprint density at radius 3 is 2.32 bits per heavy atom. The number of nitrogens with one attached hydrogen (secondary N) is 2. The molecule has 2 aromatic carbocycles. The number of rotatable bonds is 7. The van der Waals surface area contributed by atoms with Crippen LogP contribution in [0.1, 0.15) is 36.2 Å². The van der Waals surface area contributed by atoms with E-state index >= 15 is 0 Å². The Kier molecular flexibility index (Phi) is 6.69. The van der Waals surface area contributed by atoms with Gasteiger partial charge >= 0.3 is 0 Å². The fourth-order valence-electron chi connectivity index (χ4n) is 2.45. The lowest BCUT2D eigenvalue weighted by molar-refractivity contribution is -0.124. The molecule has 0 saturated heterocycles. The summed E-state index contributed by atoms with van der Waals surface area (Å²) in [6, 6.07) is 14.4. The molecule has 132 valence electrons. The highest BCUT2D eigenvalue weighted by Gasteiger charge is 2.26. The van der Waals surface area contributed by atoms with Crippen LogP contribution in [0, 0.1) is 11.7 Å². The van der Waals surface area contributed by atoms with Crippen LogP contribution in [-0.2, 0) is 11.3 Å². The monoisotopic (exact) mass is 342 g/mol. The van der Waals surface area contributed by atoms with Gasteiger partial charge in [0.2, 0.25) is 5.91 Å². The van der Waals surface area contributed by atoms with Crippen LogP contribution in [0.15, 0.2) is 54.6 Å². The lowest BCUT2D eigenvalue weighted by Crippen LogP contribution is -2.50. The SMILES string of the molecule is CC[C@H](C)[C@H](NC(=O)c1ccccc1)C(=O)NCc1ccccc1F. The van der Waals surface area contributed by atoms with E-state index in [2.05, 4.69) is 10.6 Å². The van der Waals surface area contributed by atoms with Gasteiger partial charge in [0.05, 0.1) is 0 Å². The summed E-state index contributed by atoms with van der Waals surface area (Å²) in [5, 5.41) is 5.51. The van der Waals surface area contributed by atoms with Gasteiger partial charge in [-0.3, -0.25) is 9.59 Å². The first-order valence-corrected chi connectivity index (χ1v) is 8.40. The molecule has 2 amide bonds. The minimum atomic E-state index is -0.676. The van der Waals surface area contributed by atoms with E-state index in [-0.39, 0.29) is 30.1 Å². The van der Waals surface area contributed by atoms with Crippen molar-refractivity contribution in [1.29, 1.82) is 0 Å². The molecule has 0 heterocycles. The van der Waals surface area contributed by atoms with Crippen molar-refractivity contribution in [2.45, 2.75) is 32.9 Å². The lowest BCUT2D eigenvalue weighted by Gasteiger charge is -2.23. The van der Waals surface area contributed by atoms with Crippen molar-refractivity contribution in [3.05, 3.63) is 71.5 Å². The standard InChI is InChI=1S/C20H23FN2O2/c1-3-14(2)18(23-19(24)15-9-5-4-6-10-15)20(25)22-13-16-11-7-8-12-17(16)21/h4-12,14,18H,3,13H2,1-2H3,(H,22,25)(H,23,24)/t14-,18-/m0/s1. The summed E-state index contributed by atoms with van der Waals surface area (Å²) in [5.74, 6) is -1.03. The average molecular weight is 342 g/mol. The predicted octanol–water partition coefficient (Wildman–Crippen LogP) is 3.29. The summed E-state index contributed by atoms with van der Waals surface area (Å²) in [6.45, 7) is 3.94. The van der Waals surface area contributed by atoms with Gasteiger partial charge in [0.1, 0.15) is 11.9 Å². The van der Waals surface area contributed by atoms with Crippen LogP contribution in [0.5, 0.6) is 0 Å². The van der Waals surface area contributed by atoms with Crippen molar-refractivity contribution in [3.63, 3.8) is 0 Å². The smallest absolute Gasteiger partial charge is 0.251 e. The van der Waals surface area contributed by atoms with Crippen LogP contribution in [0.4, 0.5) is 4.39 Å².